The number of hydrogen-bond donors (Lipinski definition) is 1. The third-order valence-electron chi connectivity index (χ3n) is 4.78. The molecule has 0 unspecified atom stereocenters. The van der Waals surface area contributed by atoms with Crippen molar-refractivity contribution in [2.45, 2.75) is 11.3 Å². The topological polar surface area (TPSA) is 95.8 Å². The van der Waals surface area contributed by atoms with Crippen LogP contribution in [-0.4, -0.2) is 57.5 Å². The van der Waals surface area contributed by atoms with E-state index in [1.165, 1.54) is 23.9 Å². The number of hydrogen-bond acceptors (Lipinski definition) is 6. The lowest BCUT2D eigenvalue weighted by molar-refractivity contribution is -0.385. The Morgan fingerprint density at radius 3 is 2.39 bits per heavy atom. The van der Waals surface area contributed by atoms with Crippen molar-refractivity contribution in [3.63, 3.8) is 0 Å². The standard InChI is InChI=1S/C19H24N4O4S/c24-23(25)18-8-4-9-19(16-18)28(26,27)20-10-5-11-21-12-14-22(15-13-21)17-6-2-1-3-7-17/h1-4,6-9,16,20H,5,10-15H2. The van der Waals surface area contributed by atoms with Crippen molar-refractivity contribution >= 4 is 21.4 Å². The second-order valence-electron chi connectivity index (χ2n) is 6.67. The fourth-order valence-electron chi connectivity index (χ4n) is 3.23. The first kappa shape index (κ1) is 20.2. The first-order valence-electron chi connectivity index (χ1n) is 9.22. The number of nitrogens with zero attached hydrogens (tertiary/aromatic N) is 3. The fourth-order valence-corrected chi connectivity index (χ4v) is 4.34. The normalized spacial score (nSPS) is 15.5. The van der Waals surface area contributed by atoms with Crippen LogP contribution < -0.4 is 9.62 Å². The molecule has 0 spiro atoms. The van der Waals surface area contributed by atoms with E-state index in [1.54, 1.807) is 0 Å². The first-order chi connectivity index (χ1) is 13.5. The van der Waals surface area contributed by atoms with Gasteiger partial charge in [0.15, 0.2) is 0 Å². The van der Waals surface area contributed by atoms with Crippen LogP contribution in [0.2, 0.25) is 0 Å². The summed E-state index contributed by atoms with van der Waals surface area (Å²) in [6, 6.07) is 15.4. The minimum Gasteiger partial charge on any atom is -0.369 e. The molecule has 2 aromatic rings. The molecule has 1 fully saturated rings. The molecular weight excluding hydrogens is 380 g/mol. The molecule has 3 rings (SSSR count). The van der Waals surface area contributed by atoms with E-state index in [0.717, 1.165) is 38.8 Å². The highest BCUT2D eigenvalue weighted by atomic mass is 32.2. The number of sulfonamides is 1. The number of nitro benzene ring substituents is 1. The van der Waals surface area contributed by atoms with Crippen LogP contribution in [-0.2, 0) is 10.0 Å². The Hall–Kier alpha value is -2.49. The molecule has 8 nitrogen and oxygen atoms in total. The van der Waals surface area contributed by atoms with Crippen molar-refractivity contribution < 1.29 is 13.3 Å². The van der Waals surface area contributed by atoms with Crippen LogP contribution in [0, 0.1) is 10.1 Å². The smallest absolute Gasteiger partial charge is 0.270 e. The summed E-state index contributed by atoms with van der Waals surface area (Å²) in [6.45, 7) is 4.87. The molecule has 1 N–H and O–H groups in total. The van der Waals surface area contributed by atoms with Crippen LogP contribution in [0.25, 0.3) is 0 Å². The van der Waals surface area contributed by atoms with E-state index in [-0.39, 0.29) is 10.6 Å². The molecule has 1 saturated heterocycles. The van der Waals surface area contributed by atoms with E-state index < -0.39 is 14.9 Å². The first-order valence-corrected chi connectivity index (χ1v) is 10.7. The maximum atomic E-state index is 12.3. The minimum atomic E-state index is -3.75. The Morgan fingerprint density at radius 1 is 1.00 bits per heavy atom. The molecule has 0 atom stereocenters. The molecule has 2 aromatic carbocycles. The lowest BCUT2D eigenvalue weighted by atomic mass is 10.2. The van der Waals surface area contributed by atoms with Crippen LogP contribution in [0.3, 0.4) is 0 Å². The van der Waals surface area contributed by atoms with Crippen molar-refractivity contribution in [1.29, 1.82) is 0 Å². The number of non-ortho nitro benzene ring substituents is 1. The van der Waals surface area contributed by atoms with Gasteiger partial charge in [-0.3, -0.25) is 15.0 Å². The summed E-state index contributed by atoms with van der Waals surface area (Å²) in [5, 5.41) is 10.8. The summed E-state index contributed by atoms with van der Waals surface area (Å²) in [4.78, 5) is 14.8. The number of nitrogens with one attached hydrogen (secondary N) is 1. The maximum Gasteiger partial charge on any atom is 0.270 e. The third kappa shape index (κ3) is 5.28. The minimum absolute atomic E-state index is 0.0850. The lowest BCUT2D eigenvalue weighted by Crippen LogP contribution is -2.47. The monoisotopic (exact) mass is 404 g/mol. The lowest BCUT2D eigenvalue weighted by Gasteiger charge is -2.36. The van der Waals surface area contributed by atoms with Crippen LogP contribution >= 0.6 is 0 Å². The quantitative estimate of drug-likeness (QED) is 0.411. The van der Waals surface area contributed by atoms with Crippen molar-refractivity contribution in [2.75, 3.05) is 44.2 Å². The van der Waals surface area contributed by atoms with Gasteiger partial charge < -0.3 is 4.90 Å². The zero-order valence-corrected chi connectivity index (χ0v) is 16.3. The molecule has 150 valence electrons. The van der Waals surface area contributed by atoms with E-state index in [4.69, 9.17) is 0 Å². The van der Waals surface area contributed by atoms with Crippen LogP contribution in [0.5, 0.6) is 0 Å². The molecule has 9 heteroatoms. The summed E-state index contributed by atoms with van der Waals surface area (Å²) >= 11 is 0. The van der Waals surface area contributed by atoms with Gasteiger partial charge in [0, 0.05) is 50.5 Å². The van der Waals surface area contributed by atoms with Crippen LogP contribution in [0.4, 0.5) is 11.4 Å². The van der Waals surface area contributed by atoms with E-state index in [2.05, 4.69) is 26.7 Å². The molecule has 1 aliphatic heterocycles. The van der Waals surface area contributed by atoms with Crippen LogP contribution in [0.1, 0.15) is 6.42 Å². The zero-order chi connectivity index (χ0) is 20.0. The van der Waals surface area contributed by atoms with Gasteiger partial charge in [0.2, 0.25) is 10.0 Å². The van der Waals surface area contributed by atoms with Crippen molar-refractivity contribution in [2.24, 2.45) is 0 Å². The molecule has 1 heterocycles. The highest BCUT2D eigenvalue weighted by Crippen LogP contribution is 2.17. The van der Waals surface area contributed by atoms with Gasteiger partial charge in [0.25, 0.3) is 5.69 Å². The van der Waals surface area contributed by atoms with Crippen LogP contribution in [0.15, 0.2) is 59.5 Å². The molecule has 0 amide bonds. The Balaban J connectivity index is 1.42. The second-order valence-corrected chi connectivity index (χ2v) is 8.44. The van der Waals surface area contributed by atoms with Gasteiger partial charge >= 0.3 is 0 Å². The fraction of sp³-hybridized carbons (Fsp3) is 0.368. The molecule has 28 heavy (non-hydrogen) atoms. The van der Waals surface area contributed by atoms with Crippen molar-refractivity contribution in [1.82, 2.24) is 9.62 Å². The number of rotatable bonds is 8. The number of anilines is 1. The number of para-hydroxylation sites is 1. The average molecular weight is 404 g/mol. The van der Waals surface area contributed by atoms with Gasteiger partial charge in [-0.05, 0) is 31.2 Å². The zero-order valence-electron chi connectivity index (χ0n) is 15.5. The van der Waals surface area contributed by atoms with E-state index >= 15 is 0 Å². The van der Waals surface area contributed by atoms with E-state index in [9.17, 15) is 18.5 Å². The molecule has 0 aliphatic carbocycles. The Labute approximate surface area is 165 Å². The summed E-state index contributed by atoms with van der Waals surface area (Å²) in [7, 11) is -3.75. The van der Waals surface area contributed by atoms with E-state index in [0.29, 0.717) is 13.0 Å². The Kier molecular flexibility index (Phi) is 6.61. The molecule has 1 aliphatic rings. The highest BCUT2D eigenvalue weighted by molar-refractivity contribution is 7.89. The molecular formula is C19H24N4O4S. The molecule has 0 aromatic heterocycles. The van der Waals surface area contributed by atoms with Gasteiger partial charge in [0.1, 0.15) is 0 Å². The molecule has 0 bridgehead atoms. The third-order valence-corrected chi connectivity index (χ3v) is 6.23. The number of benzene rings is 2. The highest BCUT2D eigenvalue weighted by Gasteiger charge is 2.19. The van der Waals surface area contributed by atoms with Crippen molar-refractivity contribution in [3.05, 3.63) is 64.7 Å². The number of piperazine rings is 1. The largest absolute Gasteiger partial charge is 0.369 e. The average Bonchev–Trinajstić information content (AvgIpc) is 2.72. The summed E-state index contributed by atoms with van der Waals surface area (Å²) in [5.41, 5.74) is 0.992. The summed E-state index contributed by atoms with van der Waals surface area (Å²) in [5.74, 6) is 0. The van der Waals surface area contributed by atoms with Gasteiger partial charge in [-0.25, -0.2) is 13.1 Å². The van der Waals surface area contributed by atoms with Crippen molar-refractivity contribution in [3.8, 4) is 0 Å². The maximum absolute atomic E-state index is 12.3. The van der Waals surface area contributed by atoms with Gasteiger partial charge in [0.05, 0.1) is 9.82 Å². The molecule has 0 saturated carbocycles. The van der Waals surface area contributed by atoms with Gasteiger partial charge in [-0.2, -0.15) is 0 Å². The predicted molar refractivity (Wildman–Crippen MR) is 108 cm³/mol. The summed E-state index contributed by atoms with van der Waals surface area (Å²) < 4.78 is 27.1. The molecule has 0 radical (unpaired) electrons. The van der Waals surface area contributed by atoms with Gasteiger partial charge in [-0.1, -0.05) is 24.3 Å². The SMILES string of the molecule is O=[N+]([O-])c1cccc(S(=O)(=O)NCCCN2CCN(c3ccccc3)CC2)c1. The second kappa shape index (κ2) is 9.13. The Bertz CT molecular complexity index is 897. The Morgan fingerprint density at radius 2 is 1.71 bits per heavy atom. The van der Waals surface area contributed by atoms with Gasteiger partial charge in [-0.15, -0.1) is 0 Å². The summed E-state index contributed by atoms with van der Waals surface area (Å²) in [6.07, 6.45) is 0.680. The predicted octanol–water partition coefficient (Wildman–Crippen LogP) is 2.09. The van der Waals surface area contributed by atoms with E-state index in [1.807, 2.05) is 18.2 Å². The number of nitro groups is 1.